The van der Waals surface area contributed by atoms with Crippen LogP contribution >= 0.6 is 11.8 Å². The van der Waals surface area contributed by atoms with E-state index in [9.17, 15) is 0 Å². The molecule has 1 atom stereocenters. The van der Waals surface area contributed by atoms with Crippen LogP contribution in [0.15, 0.2) is 71.9 Å². The van der Waals surface area contributed by atoms with E-state index in [-0.39, 0.29) is 6.10 Å². The van der Waals surface area contributed by atoms with Crippen LogP contribution in [0.25, 0.3) is 10.8 Å². The molecule has 0 saturated carbocycles. The summed E-state index contributed by atoms with van der Waals surface area (Å²) in [6.07, 6.45) is -0.175. The van der Waals surface area contributed by atoms with Crippen molar-refractivity contribution in [3.8, 4) is 5.75 Å². The highest BCUT2D eigenvalue weighted by Crippen LogP contribution is 2.29. The smallest absolute Gasteiger partial charge is 0.191 e. The lowest BCUT2D eigenvalue weighted by atomic mass is 10.1. The van der Waals surface area contributed by atoms with Gasteiger partial charge in [-0.25, -0.2) is 0 Å². The Morgan fingerprint density at radius 3 is 2.57 bits per heavy atom. The van der Waals surface area contributed by atoms with E-state index in [1.54, 1.807) is 11.8 Å². The largest absolute Gasteiger partial charge is 0.482 e. The lowest BCUT2D eigenvalue weighted by molar-refractivity contribution is 0.210. The lowest BCUT2D eigenvalue weighted by Crippen LogP contribution is -2.10. The highest BCUT2D eigenvalue weighted by molar-refractivity contribution is 7.98. The molecule has 4 rings (SSSR count). The van der Waals surface area contributed by atoms with Crippen LogP contribution in [-0.2, 0) is 12.8 Å². The molecule has 0 spiro atoms. The number of rotatable bonds is 6. The Morgan fingerprint density at radius 2 is 1.71 bits per heavy atom. The van der Waals surface area contributed by atoms with Gasteiger partial charge in [-0.1, -0.05) is 72.4 Å². The quantitative estimate of drug-likeness (QED) is 0.396. The Morgan fingerprint density at radius 1 is 0.964 bits per heavy atom. The average Bonchev–Trinajstić information content (AvgIpc) is 3.08. The van der Waals surface area contributed by atoms with E-state index >= 15 is 0 Å². The summed E-state index contributed by atoms with van der Waals surface area (Å²) in [5, 5.41) is 12.2. The Balaban J connectivity index is 1.50. The van der Waals surface area contributed by atoms with Crippen LogP contribution in [0.5, 0.6) is 5.75 Å². The molecule has 4 aromatic rings. The highest BCUT2D eigenvalue weighted by atomic mass is 32.2. The molecule has 3 aromatic carbocycles. The summed E-state index contributed by atoms with van der Waals surface area (Å²) in [7, 11) is 2.00. The monoisotopic (exact) mass is 389 g/mol. The molecule has 1 unspecified atom stereocenters. The van der Waals surface area contributed by atoms with Crippen LogP contribution in [0.3, 0.4) is 0 Å². The van der Waals surface area contributed by atoms with Crippen LogP contribution < -0.4 is 4.74 Å². The first-order valence-electron chi connectivity index (χ1n) is 9.34. The Bertz CT molecular complexity index is 1100. The number of hydrogen-bond donors (Lipinski definition) is 0. The topological polar surface area (TPSA) is 39.9 Å². The molecule has 142 valence electrons. The van der Waals surface area contributed by atoms with Gasteiger partial charge in [0.2, 0.25) is 0 Å². The summed E-state index contributed by atoms with van der Waals surface area (Å²) in [4.78, 5) is 0. The van der Waals surface area contributed by atoms with Crippen LogP contribution in [0.1, 0.15) is 30.0 Å². The maximum Gasteiger partial charge on any atom is 0.191 e. The van der Waals surface area contributed by atoms with E-state index in [1.165, 1.54) is 16.3 Å². The zero-order chi connectivity index (χ0) is 19.5. The van der Waals surface area contributed by atoms with Gasteiger partial charge in [-0.15, -0.1) is 10.2 Å². The van der Waals surface area contributed by atoms with E-state index in [0.717, 1.165) is 28.0 Å². The number of nitrogens with zero attached hydrogens (tertiary/aromatic N) is 3. The first-order chi connectivity index (χ1) is 13.6. The second-order valence-electron chi connectivity index (χ2n) is 6.85. The molecule has 0 amide bonds. The molecule has 28 heavy (non-hydrogen) atoms. The molecule has 0 bridgehead atoms. The Kier molecular flexibility index (Phi) is 5.35. The van der Waals surface area contributed by atoms with Gasteiger partial charge in [0.15, 0.2) is 17.1 Å². The third-order valence-electron chi connectivity index (χ3n) is 4.87. The fourth-order valence-electron chi connectivity index (χ4n) is 3.30. The van der Waals surface area contributed by atoms with Gasteiger partial charge in [-0.3, -0.25) is 0 Å². The van der Waals surface area contributed by atoms with Gasteiger partial charge >= 0.3 is 0 Å². The van der Waals surface area contributed by atoms with Crippen molar-refractivity contribution in [2.45, 2.75) is 30.9 Å². The molecule has 0 saturated heterocycles. The molecule has 0 aliphatic rings. The summed E-state index contributed by atoms with van der Waals surface area (Å²) in [5.41, 5.74) is 2.42. The predicted octanol–water partition coefficient (Wildman–Crippen LogP) is 5.71. The van der Waals surface area contributed by atoms with Gasteiger partial charge in [-0.05, 0) is 41.8 Å². The highest BCUT2D eigenvalue weighted by Gasteiger charge is 2.18. The van der Waals surface area contributed by atoms with Gasteiger partial charge in [0.1, 0.15) is 5.75 Å². The molecule has 0 aliphatic carbocycles. The molecule has 5 heteroatoms. The number of para-hydroxylation sites is 1. The van der Waals surface area contributed by atoms with Gasteiger partial charge in [0, 0.05) is 12.8 Å². The maximum atomic E-state index is 6.11. The lowest BCUT2D eigenvalue weighted by Gasteiger charge is -2.15. The van der Waals surface area contributed by atoms with Gasteiger partial charge < -0.3 is 9.30 Å². The van der Waals surface area contributed by atoms with E-state index in [4.69, 9.17) is 4.74 Å². The van der Waals surface area contributed by atoms with Crippen molar-refractivity contribution in [1.29, 1.82) is 0 Å². The number of fused-ring (bicyclic) bond motifs is 1. The summed E-state index contributed by atoms with van der Waals surface area (Å²) >= 11 is 1.70. The van der Waals surface area contributed by atoms with Crippen LogP contribution in [0.2, 0.25) is 0 Å². The van der Waals surface area contributed by atoms with Gasteiger partial charge in [0.25, 0.3) is 0 Å². The zero-order valence-corrected chi connectivity index (χ0v) is 17.1. The fraction of sp³-hybridized carbons (Fsp3) is 0.217. The third kappa shape index (κ3) is 3.76. The van der Waals surface area contributed by atoms with Crippen molar-refractivity contribution >= 4 is 22.5 Å². The summed E-state index contributed by atoms with van der Waals surface area (Å²) in [5.74, 6) is 2.55. The summed E-state index contributed by atoms with van der Waals surface area (Å²) < 4.78 is 8.14. The minimum atomic E-state index is -0.175. The number of aryl methyl sites for hydroxylation is 1. The van der Waals surface area contributed by atoms with Crippen molar-refractivity contribution in [3.63, 3.8) is 0 Å². The molecule has 0 N–H and O–H groups in total. The van der Waals surface area contributed by atoms with Crippen LogP contribution in [-0.4, -0.2) is 14.8 Å². The van der Waals surface area contributed by atoms with E-state index in [2.05, 4.69) is 52.7 Å². The fourth-order valence-corrected chi connectivity index (χ4v) is 4.22. The molecule has 1 aromatic heterocycles. The Labute approximate surface area is 169 Å². The number of ether oxygens (including phenoxy) is 1. The van der Waals surface area contributed by atoms with E-state index in [1.807, 2.05) is 49.7 Å². The van der Waals surface area contributed by atoms with Crippen molar-refractivity contribution in [2.75, 3.05) is 0 Å². The first-order valence-corrected chi connectivity index (χ1v) is 10.3. The number of thioether (sulfide) groups is 1. The number of hydrogen-bond acceptors (Lipinski definition) is 4. The van der Waals surface area contributed by atoms with Crippen molar-refractivity contribution in [3.05, 3.63) is 83.7 Å². The molecular weight excluding hydrogens is 366 g/mol. The molecular formula is C23H23N3OS. The van der Waals surface area contributed by atoms with Crippen molar-refractivity contribution in [1.82, 2.24) is 14.8 Å². The minimum absolute atomic E-state index is 0.175. The minimum Gasteiger partial charge on any atom is -0.482 e. The number of aromatic nitrogens is 3. The predicted molar refractivity (Wildman–Crippen MR) is 115 cm³/mol. The van der Waals surface area contributed by atoms with Gasteiger partial charge in [-0.2, -0.15) is 0 Å². The zero-order valence-electron chi connectivity index (χ0n) is 16.3. The van der Waals surface area contributed by atoms with Gasteiger partial charge in [0.05, 0.1) is 0 Å². The molecule has 0 fully saturated rings. The average molecular weight is 390 g/mol. The molecule has 0 aliphatic heterocycles. The van der Waals surface area contributed by atoms with E-state index in [0.29, 0.717) is 0 Å². The first kappa shape index (κ1) is 18.6. The van der Waals surface area contributed by atoms with E-state index < -0.39 is 0 Å². The second-order valence-corrected chi connectivity index (χ2v) is 7.79. The molecule has 1 heterocycles. The standard InChI is InChI=1S/C23H23N3OS/c1-16-9-4-7-14-21(16)27-17(2)22-24-25-23(26(22)3)28-15-19-12-8-11-18-10-5-6-13-20(18)19/h4-14,17H,15H2,1-3H3. The SMILES string of the molecule is Cc1ccccc1OC(C)c1nnc(SCc2cccc3ccccc23)n1C. The maximum absolute atomic E-state index is 6.11. The summed E-state index contributed by atoms with van der Waals surface area (Å²) in [6, 6.07) is 22.9. The molecule has 4 nitrogen and oxygen atoms in total. The second kappa shape index (κ2) is 8.07. The van der Waals surface area contributed by atoms with Crippen molar-refractivity contribution in [2.24, 2.45) is 7.05 Å². The van der Waals surface area contributed by atoms with Crippen LogP contribution in [0, 0.1) is 6.92 Å². The normalized spacial score (nSPS) is 12.2. The Hall–Kier alpha value is -2.79. The van der Waals surface area contributed by atoms with Crippen molar-refractivity contribution < 1.29 is 4.74 Å². The third-order valence-corrected chi connectivity index (χ3v) is 5.94. The van der Waals surface area contributed by atoms with Crippen LogP contribution in [0.4, 0.5) is 0 Å². The number of benzene rings is 3. The summed E-state index contributed by atoms with van der Waals surface area (Å²) in [6.45, 7) is 4.06. The molecule has 0 radical (unpaired) electrons.